The maximum atomic E-state index is 13.7. The SMILES string of the molecule is Fc1ccccc1-c1nnc(CSc2nc3ccccc3o2)o1. The van der Waals surface area contributed by atoms with Gasteiger partial charge in [-0.2, -0.15) is 0 Å². The topological polar surface area (TPSA) is 65.0 Å². The molecule has 5 nitrogen and oxygen atoms in total. The molecule has 0 aliphatic rings. The third-order valence-corrected chi connectivity index (χ3v) is 3.98. The van der Waals surface area contributed by atoms with Crippen molar-refractivity contribution in [2.24, 2.45) is 0 Å². The van der Waals surface area contributed by atoms with E-state index in [-0.39, 0.29) is 11.5 Å². The molecule has 0 amide bonds. The van der Waals surface area contributed by atoms with Gasteiger partial charge in [-0.15, -0.1) is 10.2 Å². The standard InChI is InChI=1S/C16H10FN3O2S/c17-11-6-2-1-5-10(11)15-20-19-14(22-15)9-23-16-18-12-7-3-4-8-13(12)21-16/h1-8H,9H2. The lowest BCUT2D eigenvalue weighted by Crippen LogP contribution is -1.82. The fraction of sp³-hybridized carbons (Fsp3) is 0.0625. The molecular weight excluding hydrogens is 317 g/mol. The molecule has 0 saturated carbocycles. The molecule has 4 aromatic rings. The van der Waals surface area contributed by atoms with E-state index in [1.807, 2.05) is 24.3 Å². The molecule has 0 saturated heterocycles. The van der Waals surface area contributed by atoms with Crippen molar-refractivity contribution >= 4 is 22.9 Å². The van der Waals surface area contributed by atoms with E-state index in [1.54, 1.807) is 18.2 Å². The smallest absolute Gasteiger partial charge is 0.257 e. The molecule has 7 heteroatoms. The van der Waals surface area contributed by atoms with Crippen molar-refractivity contribution in [1.82, 2.24) is 15.2 Å². The minimum absolute atomic E-state index is 0.163. The van der Waals surface area contributed by atoms with Crippen molar-refractivity contribution < 1.29 is 13.2 Å². The molecule has 0 radical (unpaired) electrons. The number of aromatic nitrogens is 3. The first kappa shape index (κ1) is 14.0. The summed E-state index contributed by atoms with van der Waals surface area (Å²) in [5.41, 5.74) is 1.82. The Labute approximate surface area is 134 Å². The lowest BCUT2D eigenvalue weighted by Gasteiger charge is -1.95. The Balaban J connectivity index is 1.51. The normalized spacial score (nSPS) is 11.2. The van der Waals surface area contributed by atoms with Crippen LogP contribution in [0.2, 0.25) is 0 Å². The molecule has 0 spiro atoms. The van der Waals surface area contributed by atoms with Crippen LogP contribution in [0, 0.1) is 5.82 Å². The molecule has 4 rings (SSSR count). The lowest BCUT2D eigenvalue weighted by molar-refractivity contribution is 0.486. The van der Waals surface area contributed by atoms with Gasteiger partial charge in [0.1, 0.15) is 11.3 Å². The van der Waals surface area contributed by atoms with Crippen LogP contribution in [0.4, 0.5) is 4.39 Å². The van der Waals surface area contributed by atoms with Crippen molar-refractivity contribution in [3.8, 4) is 11.5 Å². The van der Waals surface area contributed by atoms with Gasteiger partial charge in [0.05, 0.1) is 11.3 Å². The number of rotatable bonds is 4. The Morgan fingerprint density at radius 1 is 0.957 bits per heavy atom. The van der Waals surface area contributed by atoms with Gasteiger partial charge < -0.3 is 8.83 Å². The second kappa shape index (κ2) is 5.85. The Kier molecular flexibility index (Phi) is 3.55. The van der Waals surface area contributed by atoms with Crippen molar-refractivity contribution in [3.05, 3.63) is 60.2 Å². The summed E-state index contributed by atoms with van der Waals surface area (Å²) in [6.07, 6.45) is 0. The zero-order valence-corrected chi connectivity index (χ0v) is 12.6. The number of benzene rings is 2. The summed E-state index contributed by atoms with van der Waals surface area (Å²) in [6, 6.07) is 13.8. The molecule has 0 aliphatic carbocycles. The summed E-state index contributed by atoms with van der Waals surface area (Å²) < 4.78 is 24.8. The minimum atomic E-state index is -0.394. The summed E-state index contributed by atoms with van der Waals surface area (Å²) in [5, 5.41) is 8.34. The molecular formula is C16H10FN3O2S. The minimum Gasteiger partial charge on any atom is -0.431 e. The third-order valence-electron chi connectivity index (χ3n) is 3.16. The zero-order chi connectivity index (χ0) is 15.6. The maximum Gasteiger partial charge on any atom is 0.257 e. The highest BCUT2D eigenvalue weighted by Crippen LogP contribution is 2.27. The van der Waals surface area contributed by atoms with E-state index in [0.29, 0.717) is 16.9 Å². The third kappa shape index (κ3) is 2.83. The molecule has 0 atom stereocenters. The highest BCUT2D eigenvalue weighted by molar-refractivity contribution is 7.98. The van der Waals surface area contributed by atoms with Gasteiger partial charge in [0.25, 0.3) is 11.1 Å². The Morgan fingerprint density at radius 3 is 2.65 bits per heavy atom. The van der Waals surface area contributed by atoms with E-state index in [1.165, 1.54) is 17.8 Å². The van der Waals surface area contributed by atoms with Gasteiger partial charge >= 0.3 is 0 Å². The summed E-state index contributed by atoms with van der Waals surface area (Å²) in [6.45, 7) is 0. The number of hydrogen-bond acceptors (Lipinski definition) is 6. The van der Waals surface area contributed by atoms with Crippen molar-refractivity contribution in [3.63, 3.8) is 0 Å². The first-order valence-corrected chi connectivity index (χ1v) is 7.84. The number of oxazole rings is 1. The van der Waals surface area contributed by atoms with Gasteiger partial charge in [-0.1, -0.05) is 36.0 Å². The summed E-state index contributed by atoms with van der Waals surface area (Å²) >= 11 is 1.34. The van der Waals surface area contributed by atoms with Crippen LogP contribution in [0.3, 0.4) is 0 Å². The summed E-state index contributed by atoms with van der Waals surface area (Å²) in [7, 11) is 0. The van der Waals surface area contributed by atoms with Crippen LogP contribution in [0.1, 0.15) is 5.89 Å². The molecule has 114 valence electrons. The second-order valence-electron chi connectivity index (χ2n) is 4.72. The Bertz CT molecular complexity index is 934. The fourth-order valence-corrected chi connectivity index (χ4v) is 2.77. The van der Waals surface area contributed by atoms with Crippen LogP contribution in [0.15, 0.2) is 62.6 Å². The molecule has 2 aromatic carbocycles. The van der Waals surface area contributed by atoms with Crippen LogP contribution in [-0.2, 0) is 5.75 Å². The van der Waals surface area contributed by atoms with Crippen molar-refractivity contribution in [1.29, 1.82) is 0 Å². The number of fused-ring (bicyclic) bond motifs is 1. The maximum absolute atomic E-state index is 13.7. The Morgan fingerprint density at radius 2 is 1.78 bits per heavy atom. The molecule has 23 heavy (non-hydrogen) atoms. The molecule has 0 N–H and O–H groups in total. The highest BCUT2D eigenvalue weighted by Gasteiger charge is 2.14. The quantitative estimate of drug-likeness (QED) is 0.520. The number of thioether (sulfide) groups is 1. The predicted molar refractivity (Wildman–Crippen MR) is 83.3 cm³/mol. The number of hydrogen-bond donors (Lipinski definition) is 0. The van der Waals surface area contributed by atoms with E-state index in [0.717, 1.165) is 11.1 Å². The van der Waals surface area contributed by atoms with Gasteiger partial charge in [0.15, 0.2) is 5.58 Å². The van der Waals surface area contributed by atoms with Crippen molar-refractivity contribution in [2.45, 2.75) is 11.0 Å². The molecule has 0 unspecified atom stereocenters. The monoisotopic (exact) mass is 327 g/mol. The van der Waals surface area contributed by atoms with Gasteiger partial charge in [-0.05, 0) is 24.3 Å². The van der Waals surface area contributed by atoms with Gasteiger partial charge in [0.2, 0.25) is 5.89 Å². The van der Waals surface area contributed by atoms with E-state index in [9.17, 15) is 4.39 Å². The van der Waals surface area contributed by atoms with E-state index in [2.05, 4.69) is 15.2 Å². The largest absolute Gasteiger partial charge is 0.431 e. The summed E-state index contributed by atoms with van der Waals surface area (Å²) in [5.74, 6) is 0.551. The van der Waals surface area contributed by atoms with Crippen LogP contribution in [-0.4, -0.2) is 15.2 Å². The van der Waals surface area contributed by atoms with Crippen molar-refractivity contribution in [2.75, 3.05) is 0 Å². The predicted octanol–water partition coefficient (Wildman–Crippen LogP) is 4.31. The van der Waals surface area contributed by atoms with Crippen LogP contribution in [0.5, 0.6) is 0 Å². The number of halogens is 1. The van der Waals surface area contributed by atoms with Gasteiger partial charge in [0, 0.05) is 0 Å². The average Bonchev–Trinajstić information content (AvgIpc) is 3.19. The van der Waals surface area contributed by atoms with Gasteiger partial charge in [-0.3, -0.25) is 0 Å². The van der Waals surface area contributed by atoms with E-state index >= 15 is 0 Å². The molecule has 0 aliphatic heterocycles. The highest BCUT2D eigenvalue weighted by atomic mass is 32.2. The average molecular weight is 327 g/mol. The van der Waals surface area contributed by atoms with Gasteiger partial charge in [-0.25, -0.2) is 9.37 Å². The molecule has 0 bridgehead atoms. The molecule has 2 heterocycles. The second-order valence-corrected chi connectivity index (χ2v) is 5.64. The van der Waals surface area contributed by atoms with Crippen LogP contribution >= 0.6 is 11.8 Å². The number of nitrogens with zero attached hydrogens (tertiary/aromatic N) is 3. The fourth-order valence-electron chi connectivity index (χ4n) is 2.09. The first-order valence-electron chi connectivity index (χ1n) is 6.85. The first-order chi connectivity index (χ1) is 11.3. The van der Waals surface area contributed by atoms with Crippen LogP contribution < -0.4 is 0 Å². The molecule has 0 fully saturated rings. The molecule has 2 aromatic heterocycles. The zero-order valence-electron chi connectivity index (χ0n) is 11.8. The van der Waals surface area contributed by atoms with Crippen LogP contribution in [0.25, 0.3) is 22.6 Å². The summed E-state index contributed by atoms with van der Waals surface area (Å²) in [4.78, 5) is 4.35. The lowest BCUT2D eigenvalue weighted by atomic mass is 10.2. The Hall–Kier alpha value is -2.67. The van der Waals surface area contributed by atoms with E-state index < -0.39 is 5.82 Å². The number of para-hydroxylation sites is 2. The van der Waals surface area contributed by atoms with E-state index in [4.69, 9.17) is 8.83 Å².